The quantitative estimate of drug-likeness (QED) is 0.382. The van der Waals surface area contributed by atoms with E-state index in [1.807, 2.05) is 28.8 Å². The van der Waals surface area contributed by atoms with Gasteiger partial charge in [0.15, 0.2) is 5.65 Å². The zero-order valence-corrected chi connectivity index (χ0v) is 17.3. The predicted molar refractivity (Wildman–Crippen MR) is 113 cm³/mol. The second kappa shape index (κ2) is 7.25. The third kappa shape index (κ3) is 3.33. The first-order valence-corrected chi connectivity index (χ1v) is 9.84. The minimum absolute atomic E-state index is 0.0557. The molecule has 0 spiro atoms. The van der Waals surface area contributed by atoms with Crippen LogP contribution in [0.25, 0.3) is 22.3 Å². The van der Waals surface area contributed by atoms with Gasteiger partial charge in [0, 0.05) is 28.3 Å². The van der Waals surface area contributed by atoms with E-state index in [0.29, 0.717) is 34.5 Å². The lowest BCUT2D eigenvalue weighted by atomic mass is 9.99. The number of aliphatic hydroxyl groups excluding tert-OH is 1. The van der Waals surface area contributed by atoms with Gasteiger partial charge in [0.25, 0.3) is 0 Å². The average molecular weight is 408 g/mol. The number of thiazole rings is 1. The first-order chi connectivity index (χ1) is 13.9. The molecule has 0 atom stereocenters. The maximum absolute atomic E-state index is 10.1. The van der Waals surface area contributed by atoms with Crippen LogP contribution < -0.4 is 4.74 Å². The molecule has 2 N–H and O–H groups in total. The molecule has 0 aliphatic carbocycles. The molecule has 0 amide bonds. The summed E-state index contributed by atoms with van der Waals surface area (Å²) < 4.78 is 7.53. The van der Waals surface area contributed by atoms with Crippen LogP contribution in [-0.2, 0) is 6.42 Å². The zero-order valence-electron chi connectivity index (χ0n) is 16.5. The molecule has 4 rings (SSSR count). The molecule has 1 aromatic carbocycles. The lowest BCUT2D eigenvalue weighted by molar-refractivity contribution is 0.409. The van der Waals surface area contributed by atoms with E-state index in [0.717, 1.165) is 22.0 Å². The summed E-state index contributed by atoms with van der Waals surface area (Å²) in [5.74, 6) is 1.34. The van der Waals surface area contributed by atoms with Crippen molar-refractivity contribution >= 4 is 39.3 Å². The summed E-state index contributed by atoms with van der Waals surface area (Å²) in [5.41, 5.74) is 4.32. The highest BCUT2D eigenvalue weighted by molar-refractivity contribution is 7.09. The van der Waals surface area contributed by atoms with Gasteiger partial charge in [-0.25, -0.2) is 4.98 Å². The lowest BCUT2D eigenvalue weighted by Crippen LogP contribution is -2.04. The highest BCUT2D eigenvalue weighted by atomic mass is 32.1. The third-order valence-corrected chi connectivity index (χ3v) is 5.45. The molecule has 0 saturated carbocycles. The SMILES string of the molecule is COc1cc2c(cc1/C(C(C)=N)=C(\C)O)ncc1nnc(Cc3csc(C)n3)n12. The van der Waals surface area contributed by atoms with Crippen LogP contribution in [-0.4, -0.2) is 42.5 Å². The Balaban J connectivity index is 1.96. The van der Waals surface area contributed by atoms with Crippen molar-refractivity contribution in [2.24, 2.45) is 0 Å². The van der Waals surface area contributed by atoms with E-state index in [1.54, 1.807) is 38.5 Å². The van der Waals surface area contributed by atoms with Gasteiger partial charge in [-0.1, -0.05) is 0 Å². The van der Waals surface area contributed by atoms with Crippen LogP contribution in [0.4, 0.5) is 0 Å². The highest BCUT2D eigenvalue weighted by Gasteiger charge is 2.18. The number of benzene rings is 1. The van der Waals surface area contributed by atoms with Gasteiger partial charge in [0.2, 0.25) is 0 Å². The Hall–Kier alpha value is -3.33. The second-order valence-electron chi connectivity index (χ2n) is 6.73. The van der Waals surface area contributed by atoms with Gasteiger partial charge in [-0.05, 0) is 26.8 Å². The van der Waals surface area contributed by atoms with Crippen molar-refractivity contribution in [3.63, 3.8) is 0 Å². The average Bonchev–Trinajstić information content (AvgIpc) is 3.27. The van der Waals surface area contributed by atoms with E-state index in [4.69, 9.17) is 10.1 Å². The molecule has 3 heterocycles. The Morgan fingerprint density at radius 2 is 2.07 bits per heavy atom. The number of rotatable bonds is 5. The first kappa shape index (κ1) is 19.0. The molecule has 0 aliphatic heterocycles. The monoisotopic (exact) mass is 408 g/mol. The van der Waals surface area contributed by atoms with Crippen LogP contribution in [0.5, 0.6) is 5.75 Å². The Labute approximate surface area is 171 Å². The van der Waals surface area contributed by atoms with Gasteiger partial charge in [-0.3, -0.25) is 9.38 Å². The van der Waals surface area contributed by atoms with Crippen molar-refractivity contribution in [2.45, 2.75) is 27.2 Å². The van der Waals surface area contributed by atoms with Gasteiger partial charge in [-0.2, -0.15) is 0 Å². The molecule has 0 bridgehead atoms. The summed E-state index contributed by atoms with van der Waals surface area (Å²) in [6, 6.07) is 3.66. The Morgan fingerprint density at radius 3 is 2.69 bits per heavy atom. The summed E-state index contributed by atoms with van der Waals surface area (Å²) in [7, 11) is 1.56. The topological polar surface area (TPSA) is 109 Å². The molecule has 0 saturated heterocycles. The van der Waals surface area contributed by atoms with Gasteiger partial charge in [-0.15, -0.1) is 21.5 Å². The number of allylic oxidation sites excluding steroid dienone is 2. The number of methoxy groups -OCH3 is 1. The first-order valence-electron chi connectivity index (χ1n) is 8.96. The molecule has 3 aromatic heterocycles. The predicted octanol–water partition coefficient (Wildman–Crippen LogP) is 3.97. The van der Waals surface area contributed by atoms with E-state index in [9.17, 15) is 5.11 Å². The Kier molecular flexibility index (Phi) is 4.75. The fraction of sp³-hybridized carbons (Fsp3) is 0.250. The summed E-state index contributed by atoms with van der Waals surface area (Å²) in [6.07, 6.45) is 2.21. The molecule has 29 heavy (non-hydrogen) atoms. The van der Waals surface area contributed by atoms with Crippen molar-refractivity contribution in [1.29, 1.82) is 5.41 Å². The minimum Gasteiger partial charge on any atom is -0.512 e. The van der Waals surface area contributed by atoms with Gasteiger partial charge < -0.3 is 15.3 Å². The summed E-state index contributed by atoms with van der Waals surface area (Å²) >= 11 is 1.60. The Morgan fingerprint density at radius 1 is 1.28 bits per heavy atom. The van der Waals surface area contributed by atoms with Gasteiger partial charge in [0.1, 0.15) is 11.6 Å². The van der Waals surface area contributed by atoms with Gasteiger partial charge >= 0.3 is 0 Å². The fourth-order valence-corrected chi connectivity index (χ4v) is 4.05. The molecule has 0 aliphatic rings. The number of hydrogen-bond acceptors (Lipinski definition) is 8. The molecule has 0 radical (unpaired) electrons. The van der Waals surface area contributed by atoms with Crippen LogP contribution in [0.3, 0.4) is 0 Å². The second-order valence-corrected chi connectivity index (χ2v) is 7.79. The molecule has 8 nitrogen and oxygen atoms in total. The number of ether oxygens (including phenoxy) is 1. The van der Waals surface area contributed by atoms with Crippen LogP contribution in [0.15, 0.2) is 29.5 Å². The fourth-order valence-electron chi connectivity index (χ4n) is 3.44. The van der Waals surface area contributed by atoms with E-state index < -0.39 is 0 Å². The van der Waals surface area contributed by atoms with Crippen molar-refractivity contribution in [3.8, 4) is 5.75 Å². The lowest BCUT2D eigenvalue weighted by Gasteiger charge is -2.14. The summed E-state index contributed by atoms with van der Waals surface area (Å²) in [5, 5.41) is 29.8. The highest BCUT2D eigenvalue weighted by Crippen LogP contribution is 2.33. The minimum atomic E-state index is 0.0557. The van der Waals surface area contributed by atoms with Crippen LogP contribution >= 0.6 is 11.3 Å². The van der Waals surface area contributed by atoms with E-state index in [1.165, 1.54) is 0 Å². The van der Waals surface area contributed by atoms with Crippen LogP contribution in [0.2, 0.25) is 0 Å². The molecule has 148 valence electrons. The summed E-state index contributed by atoms with van der Waals surface area (Å²) in [6.45, 7) is 5.16. The molecular formula is C20H20N6O2S. The number of fused-ring (bicyclic) bond motifs is 3. The summed E-state index contributed by atoms with van der Waals surface area (Å²) in [4.78, 5) is 9.03. The van der Waals surface area contributed by atoms with Crippen molar-refractivity contribution in [3.05, 3.63) is 51.6 Å². The molecular weight excluding hydrogens is 388 g/mol. The third-order valence-electron chi connectivity index (χ3n) is 4.62. The number of nitrogens with zero attached hydrogens (tertiary/aromatic N) is 5. The molecule has 4 aromatic rings. The molecule has 9 heteroatoms. The van der Waals surface area contributed by atoms with Crippen molar-refractivity contribution in [2.75, 3.05) is 7.11 Å². The van der Waals surface area contributed by atoms with E-state index in [-0.39, 0.29) is 11.5 Å². The van der Waals surface area contributed by atoms with E-state index >= 15 is 0 Å². The maximum Gasteiger partial charge on any atom is 0.179 e. The Bertz CT molecular complexity index is 1280. The number of aliphatic hydroxyl groups is 1. The standard InChI is InChI=1S/C20H20N6O2S/c1-10(21)20(11(2)27)14-6-15-16(7-17(14)28-4)26-18(24-25-19(26)8-22-15)5-13-9-29-12(3)23-13/h6-9,21,27H,5H2,1-4H3/b20-11+,21-10?. The number of nitrogens with one attached hydrogen (secondary N) is 1. The van der Waals surface area contributed by atoms with E-state index in [2.05, 4.69) is 20.2 Å². The maximum atomic E-state index is 10.1. The number of aryl methyl sites for hydroxylation is 1. The number of aromatic nitrogens is 5. The van der Waals surface area contributed by atoms with Crippen LogP contribution in [0.1, 0.15) is 35.9 Å². The van der Waals surface area contributed by atoms with Crippen LogP contribution in [0, 0.1) is 12.3 Å². The number of hydrogen-bond donors (Lipinski definition) is 2. The van der Waals surface area contributed by atoms with Crippen molar-refractivity contribution < 1.29 is 9.84 Å². The smallest absolute Gasteiger partial charge is 0.179 e. The molecule has 0 unspecified atom stereocenters. The normalized spacial score (nSPS) is 12.4. The zero-order chi connectivity index (χ0) is 20.7. The van der Waals surface area contributed by atoms with Gasteiger partial charge in [0.05, 0.1) is 47.2 Å². The van der Waals surface area contributed by atoms with Crippen molar-refractivity contribution in [1.82, 2.24) is 24.6 Å². The largest absolute Gasteiger partial charge is 0.512 e. The molecule has 0 fully saturated rings.